The minimum atomic E-state index is 0.0190. The molecule has 1 heterocycles. The third-order valence-corrected chi connectivity index (χ3v) is 4.34. The van der Waals surface area contributed by atoms with Crippen molar-refractivity contribution in [3.63, 3.8) is 0 Å². The summed E-state index contributed by atoms with van der Waals surface area (Å²) in [6.45, 7) is 0.446. The summed E-state index contributed by atoms with van der Waals surface area (Å²) < 4.78 is 5.72. The Bertz CT molecular complexity index is 710. The zero-order valence-corrected chi connectivity index (χ0v) is 12.9. The Morgan fingerprint density at radius 3 is 2.32 bits per heavy atom. The number of para-hydroxylation sites is 1. The number of ether oxygens (including phenoxy) is 1. The summed E-state index contributed by atoms with van der Waals surface area (Å²) in [5.41, 5.74) is 2.13. The number of aliphatic hydroxyl groups is 1. The van der Waals surface area contributed by atoms with Gasteiger partial charge in [-0.25, -0.2) is 4.98 Å². The highest BCUT2D eigenvalue weighted by atomic mass is 32.1. The first-order chi connectivity index (χ1) is 10.8. The van der Waals surface area contributed by atoms with E-state index in [0.29, 0.717) is 6.61 Å². The predicted molar refractivity (Wildman–Crippen MR) is 88.1 cm³/mol. The first-order valence-corrected chi connectivity index (χ1v) is 7.97. The Morgan fingerprint density at radius 2 is 1.64 bits per heavy atom. The molecule has 4 heteroatoms. The van der Waals surface area contributed by atoms with E-state index >= 15 is 0 Å². The van der Waals surface area contributed by atoms with Crippen molar-refractivity contribution >= 4 is 11.3 Å². The van der Waals surface area contributed by atoms with Gasteiger partial charge in [-0.1, -0.05) is 48.5 Å². The summed E-state index contributed by atoms with van der Waals surface area (Å²) in [7, 11) is 0. The van der Waals surface area contributed by atoms with Gasteiger partial charge < -0.3 is 9.84 Å². The molecule has 2 aromatic carbocycles. The fraction of sp³-hybridized carbons (Fsp3) is 0.167. The van der Waals surface area contributed by atoms with E-state index in [9.17, 15) is 5.11 Å². The van der Waals surface area contributed by atoms with Crippen LogP contribution in [0.4, 0.5) is 0 Å². The molecular weight excluding hydrogens is 294 g/mol. The summed E-state index contributed by atoms with van der Waals surface area (Å²) in [6, 6.07) is 19.8. The van der Waals surface area contributed by atoms with Crippen LogP contribution in [-0.4, -0.2) is 10.1 Å². The van der Waals surface area contributed by atoms with Gasteiger partial charge in [0.25, 0.3) is 0 Å². The second-order valence-corrected chi connectivity index (χ2v) is 6.07. The Morgan fingerprint density at radius 1 is 0.955 bits per heavy atom. The number of aliphatic hydroxyl groups excluding tert-OH is 1. The standard InChI is InChI=1S/C18H17NO2S/c20-12-17-16(11-14-7-3-1-4-8-14)19-18(22-17)13-21-15-9-5-2-6-10-15/h1-10,20H,11-13H2. The molecule has 3 nitrogen and oxygen atoms in total. The van der Waals surface area contributed by atoms with Gasteiger partial charge in [0.2, 0.25) is 0 Å². The van der Waals surface area contributed by atoms with Crippen LogP contribution in [0.15, 0.2) is 60.7 Å². The SMILES string of the molecule is OCc1sc(COc2ccccc2)nc1Cc1ccccc1. The van der Waals surface area contributed by atoms with E-state index in [1.54, 1.807) is 0 Å². The highest BCUT2D eigenvalue weighted by Crippen LogP contribution is 2.23. The molecular formula is C18H17NO2S. The zero-order chi connectivity index (χ0) is 15.2. The lowest BCUT2D eigenvalue weighted by Gasteiger charge is -2.02. The van der Waals surface area contributed by atoms with Gasteiger partial charge >= 0.3 is 0 Å². The van der Waals surface area contributed by atoms with Crippen molar-refractivity contribution in [2.75, 3.05) is 0 Å². The molecule has 0 aliphatic rings. The smallest absolute Gasteiger partial charge is 0.140 e. The first-order valence-electron chi connectivity index (χ1n) is 7.15. The van der Waals surface area contributed by atoms with Crippen LogP contribution in [0, 0.1) is 0 Å². The largest absolute Gasteiger partial charge is 0.486 e. The van der Waals surface area contributed by atoms with Crippen LogP contribution in [0.3, 0.4) is 0 Å². The van der Waals surface area contributed by atoms with Crippen molar-refractivity contribution in [2.45, 2.75) is 19.6 Å². The summed E-state index contributed by atoms with van der Waals surface area (Å²) >= 11 is 1.51. The first kappa shape index (κ1) is 14.8. The fourth-order valence-corrected chi connectivity index (χ4v) is 3.07. The molecule has 22 heavy (non-hydrogen) atoms. The molecule has 0 fully saturated rings. The van der Waals surface area contributed by atoms with Gasteiger partial charge in [-0.2, -0.15) is 0 Å². The van der Waals surface area contributed by atoms with Crippen LogP contribution in [-0.2, 0) is 19.6 Å². The molecule has 1 N–H and O–H groups in total. The quantitative estimate of drug-likeness (QED) is 0.753. The van der Waals surface area contributed by atoms with Crippen molar-refractivity contribution in [2.24, 2.45) is 0 Å². The van der Waals surface area contributed by atoms with E-state index in [1.807, 2.05) is 48.5 Å². The van der Waals surface area contributed by atoms with E-state index < -0.39 is 0 Å². The van der Waals surface area contributed by atoms with Gasteiger partial charge in [-0.3, -0.25) is 0 Å². The Labute approximate surface area is 133 Å². The van der Waals surface area contributed by atoms with Crippen molar-refractivity contribution in [1.29, 1.82) is 0 Å². The van der Waals surface area contributed by atoms with Crippen molar-refractivity contribution in [3.8, 4) is 5.75 Å². The molecule has 0 aliphatic carbocycles. The molecule has 0 atom stereocenters. The van der Waals surface area contributed by atoms with Gasteiger partial charge in [-0.05, 0) is 17.7 Å². The summed E-state index contributed by atoms with van der Waals surface area (Å²) in [5.74, 6) is 0.827. The highest BCUT2D eigenvalue weighted by molar-refractivity contribution is 7.11. The molecule has 112 valence electrons. The van der Waals surface area contributed by atoms with Gasteiger partial charge in [0.1, 0.15) is 17.4 Å². The number of benzene rings is 2. The fourth-order valence-electron chi connectivity index (χ4n) is 2.21. The number of hydrogen-bond donors (Lipinski definition) is 1. The van der Waals surface area contributed by atoms with E-state index in [4.69, 9.17) is 4.74 Å². The molecule has 3 aromatic rings. The van der Waals surface area contributed by atoms with Crippen LogP contribution in [0.2, 0.25) is 0 Å². The lowest BCUT2D eigenvalue weighted by molar-refractivity contribution is 0.284. The molecule has 0 unspecified atom stereocenters. The van der Waals surface area contributed by atoms with E-state index in [0.717, 1.165) is 27.7 Å². The van der Waals surface area contributed by atoms with Gasteiger partial charge in [0.05, 0.1) is 17.2 Å². The van der Waals surface area contributed by atoms with Crippen LogP contribution in [0.5, 0.6) is 5.75 Å². The summed E-state index contributed by atoms with van der Waals surface area (Å²) in [5, 5.41) is 10.4. The maximum absolute atomic E-state index is 9.52. The highest BCUT2D eigenvalue weighted by Gasteiger charge is 2.11. The molecule has 0 amide bonds. The molecule has 0 spiro atoms. The van der Waals surface area contributed by atoms with Gasteiger partial charge in [0, 0.05) is 6.42 Å². The molecule has 0 saturated heterocycles. The zero-order valence-electron chi connectivity index (χ0n) is 12.1. The van der Waals surface area contributed by atoms with Gasteiger partial charge in [0.15, 0.2) is 0 Å². The minimum Gasteiger partial charge on any atom is -0.486 e. The summed E-state index contributed by atoms with van der Waals surface area (Å²) in [6.07, 6.45) is 0.735. The van der Waals surface area contributed by atoms with Crippen molar-refractivity contribution < 1.29 is 9.84 Å². The van der Waals surface area contributed by atoms with Gasteiger partial charge in [-0.15, -0.1) is 11.3 Å². The molecule has 0 bridgehead atoms. The topological polar surface area (TPSA) is 42.4 Å². The average Bonchev–Trinajstić information content (AvgIpc) is 2.97. The van der Waals surface area contributed by atoms with E-state index in [1.165, 1.54) is 16.9 Å². The third-order valence-electron chi connectivity index (χ3n) is 3.29. The molecule has 3 rings (SSSR count). The monoisotopic (exact) mass is 311 g/mol. The maximum Gasteiger partial charge on any atom is 0.140 e. The van der Waals surface area contributed by atoms with Crippen LogP contribution >= 0.6 is 11.3 Å². The third kappa shape index (κ3) is 3.72. The lowest BCUT2D eigenvalue weighted by Crippen LogP contribution is -1.96. The van der Waals surface area contributed by atoms with Crippen molar-refractivity contribution in [3.05, 3.63) is 81.8 Å². The number of aromatic nitrogens is 1. The van der Waals surface area contributed by atoms with Crippen LogP contribution in [0.1, 0.15) is 21.1 Å². The molecule has 0 aliphatic heterocycles. The summed E-state index contributed by atoms with van der Waals surface area (Å²) in [4.78, 5) is 5.54. The Balaban J connectivity index is 1.71. The van der Waals surface area contributed by atoms with E-state index in [-0.39, 0.29) is 6.61 Å². The van der Waals surface area contributed by atoms with Crippen LogP contribution < -0.4 is 4.74 Å². The average molecular weight is 311 g/mol. The Kier molecular flexibility index (Phi) is 4.83. The molecule has 0 radical (unpaired) electrons. The molecule has 1 aromatic heterocycles. The number of hydrogen-bond acceptors (Lipinski definition) is 4. The van der Waals surface area contributed by atoms with Crippen LogP contribution in [0.25, 0.3) is 0 Å². The lowest BCUT2D eigenvalue weighted by atomic mass is 10.1. The number of thiazole rings is 1. The second kappa shape index (κ2) is 7.20. The minimum absolute atomic E-state index is 0.0190. The second-order valence-electron chi connectivity index (χ2n) is 4.90. The van der Waals surface area contributed by atoms with E-state index in [2.05, 4.69) is 17.1 Å². The normalized spacial score (nSPS) is 10.6. The molecule has 0 saturated carbocycles. The number of nitrogens with zero attached hydrogens (tertiary/aromatic N) is 1. The number of rotatable bonds is 6. The predicted octanol–water partition coefficient (Wildman–Crippen LogP) is 3.81. The van der Waals surface area contributed by atoms with Crippen molar-refractivity contribution in [1.82, 2.24) is 4.98 Å². The Hall–Kier alpha value is -2.17. The maximum atomic E-state index is 9.52.